The van der Waals surface area contributed by atoms with E-state index in [1.165, 1.54) is 0 Å². The summed E-state index contributed by atoms with van der Waals surface area (Å²) in [7, 11) is 0. The Bertz CT molecular complexity index is 913. The Morgan fingerprint density at radius 2 is 1.75 bits per heavy atom. The predicted octanol–water partition coefficient (Wildman–Crippen LogP) is 4.94. The first-order valence-corrected chi connectivity index (χ1v) is 9.43. The first kappa shape index (κ1) is 18.7. The summed E-state index contributed by atoms with van der Waals surface area (Å²) in [6.07, 6.45) is 1.15. The van der Waals surface area contributed by atoms with Crippen LogP contribution in [0.1, 0.15) is 23.0 Å². The first-order valence-electron chi connectivity index (χ1n) is 9.05. The average Bonchev–Trinajstić information content (AvgIpc) is 3.26. The zero-order chi connectivity index (χ0) is 19.2. The molecule has 0 atom stereocenters. The van der Waals surface area contributed by atoms with Gasteiger partial charge in [0.15, 0.2) is 6.29 Å². The van der Waals surface area contributed by atoms with Gasteiger partial charge in [-0.3, -0.25) is 0 Å². The summed E-state index contributed by atoms with van der Waals surface area (Å²) in [6, 6.07) is 19.3. The van der Waals surface area contributed by atoms with Crippen molar-refractivity contribution in [3.05, 3.63) is 88.7 Å². The molecular formula is C22H20ClNO4. The predicted molar refractivity (Wildman–Crippen MR) is 105 cm³/mol. The summed E-state index contributed by atoms with van der Waals surface area (Å²) in [5.74, 6) is 1.37. The summed E-state index contributed by atoms with van der Waals surface area (Å²) in [4.78, 5) is 3.97. The van der Waals surface area contributed by atoms with Crippen molar-refractivity contribution in [2.24, 2.45) is 0 Å². The third-order valence-corrected chi connectivity index (χ3v) is 4.55. The van der Waals surface area contributed by atoms with Crippen molar-refractivity contribution in [1.82, 2.24) is 4.98 Å². The molecule has 6 heteroatoms. The number of hydrogen-bond donors (Lipinski definition) is 0. The third kappa shape index (κ3) is 4.62. The molecule has 4 rings (SSSR count). The van der Waals surface area contributed by atoms with Crippen molar-refractivity contribution in [2.75, 3.05) is 13.2 Å². The van der Waals surface area contributed by atoms with E-state index in [4.69, 9.17) is 30.5 Å². The molecule has 0 radical (unpaired) electrons. The fourth-order valence-electron chi connectivity index (χ4n) is 3.00. The van der Waals surface area contributed by atoms with Crippen molar-refractivity contribution in [3.63, 3.8) is 0 Å². The molecule has 2 aromatic carbocycles. The van der Waals surface area contributed by atoms with Crippen LogP contribution in [-0.2, 0) is 22.7 Å². The van der Waals surface area contributed by atoms with Gasteiger partial charge in [0.2, 0.25) is 0 Å². The zero-order valence-corrected chi connectivity index (χ0v) is 16.0. The maximum absolute atomic E-state index is 6.10. The summed E-state index contributed by atoms with van der Waals surface area (Å²) < 4.78 is 23.5. The minimum absolute atomic E-state index is 0.335. The van der Waals surface area contributed by atoms with Gasteiger partial charge in [0, 0.05) is 17.8 Å². The molecule has 0 saturated carbocycles. The first-order chi connectivity index (χ1) is 13.8. The molecule has 0 bridgehead atoms. The molecule has 1 aliphatic heterocycles. The molecule has 1 aliphatic rings. The Hall–Kier alpha value is -2.60. The fraction of sp³-hybridized carbons (Fsp3) is 0.227. The summed E-state index contributed by atoms with van der Waals surface area (Å²) >= 11 is 5.94. The maximum Gasteiger partial charge on any atom is 0.187 e. The van der Waals surface area contributed by atoms with Gasteiger partial charge in [-0.15, -0.1) is 0 Å². The number of pyridine rings is 1. The molecule has 5 nitrogen and oxygen atoms in total. The van der Waals surface area contributed by atoms with Crippen LogP contribution in [0.5, 0.6) is 11.5 Å². The molecule has 0 unspecified atom stereocenters. The van der Waals surface area contributed by atoms with E-state index in [-0.39, 0.29) is 0 Å². The smallest absolute Gasteiger partial charge is 0.187 e. The van der Waals surface area contributed by atoms with Gasteiger partial charge in [-0.1, -0.05) is 54.1 Å². The molecule has 28 heavy (non-hydrogen) atoms. The number of benzene rings is 2. The number of nitrogens with zero attached hydrogens (tertiary/aromatic N) is 1. The summed E-state index contributed by atoms with van der Waals surface area (Å²) in [6.45, 7) is 1.90. The molecule has 3 aromatic rings. The summed E-state index contributed by atoms with van der Waals surface area (Å²) in [5.41, 5.74) is 2.89. The Morgan fingerprint density at radius 1 is 0.929 bits per heavy atom. The molecular weight excluding hydrogens is 378 g/mol. The van der Waals surface area contributed by atoms with Crippen LogP contribution in [0.3, 0.4) is 0 Å². The molecule has 1 fully saturated rings. The third-order valence-electron chi connectivity index (χ3n) is 4.34. The van der Waals surface area contributed by atoms with Gasteiger partial charge in [0.1, 0.15) is 29.9 Å². The van der Waals surface area contributed by atoms with Crippen LogP contribution in [-0.4, -0.2) is 18.2 Å². The van der Waals surface area contributed by atoms with E-state index in [9.17, 15) is 0 Å². The molecule has 0 N–H and O–H groups in total. The van der Waals surface area contributed by atoms with Crippen molar-refractivity contribution in [2.45, 2.75) is 19.5 Å². The second-order valence-corrected chi connectivity index (χ2v) is 6.67. The molecule has 0 amide bonds. The number of ether oxygens (including phenoxy) is 4. The lowest BCUT2D eigenvalue weighted by atomic mass is 10.1. The number of rotatable bonds is 7. The number of halogens is 1. The maximum atomic E-state index is 6.10. The van der Waals surface area contributed by atoms with Crippen LogP contribution in [0, 0.1) is 0 Å². The van der Waals surface area contributed by atoms with Crippen LogP contribution in [0.2, 0.25) is 5.15 Å². The minimum Gasteiger partial charge on any atom is -0.489 e. The molecule has 2 heterocycles. The largest absolute Gasteiger partial charge is 0.489 e. The van der Waals surface area contributed by atoms with Gasteiger partial charge in [-0.05, 0) is 17.7 Å². The highest BCUT2D eigenvalue weighted by atomic mass is 35.5. The number of hydrogen-bond acceptors (Lipinski definition) is 5. The van der Waals surface area contributed by atoms with E-state index in [0.29, 0.717) is 37.3 Å². The molecule has 144 valence electrons. The van der Waals surface area contributed by atoms with Crippen LogP contribution < -0.4 is 9.47 Å². The Kier molecular flexibility index (Phi) is 6.07. The highest BCUT2D eigenvalue weighted by Gasteiger charge is 2.25. The zero-order valence-electron chi connectivity index (χ0n) is 15.2. The van der Waals surface area contributed by atoms with Crippen molar-refractivity contribution < 1.29 is 18.9 Å². The number of aromatic nitrogens is 1. The normalized spacial score (nSPS) is 14.2. The van der Waals surface area contributed by atoms with Crippen molar-refractivity contribution in [3.8, 4) is 11.5 Å². The average molecular weight is 398 g/mol. The lowest BCUT2D eigenvalue weighted by molar-refractivity contribution is -0.0469. The van der Waals surface area contributed by atoms with Crippen LogP contribution in [0.4, 0.5) is 0 Å². The van der Waals surface area contributed by atoms with E-state index in [2.05, 4.69) is 4.98 Å². The summed E-state index contributed by atoms with van der Waals surface area (Å²) in [5, 5.41) is 0.389. The van der Waals surface area contributed by atoms with Gasteiger partial charge < -0.3 is 18.9 Å². The fourth-order valence-corrected chi connectivity index (χ4v) is 3.17. The van der Waals surface area contributed by atoms with E-state index in [0.717, 1.165) is 22.4 Å². The SMILES string of the molecule is Clc1cc(OCc2cccc(OCc3ccccc3)c2C2OCCO2)ccn1. The van der Waals surface area contributed by atoms with E-state index >= 15 is 0 Å². The topological polar surface area (TPSA) is 49.8 Å². The molecule has 1 aromatic heterocycles. The van der Waals surface area contributed by atoms with Crippen molar-refractivity contribution >= 4 is 11.6 Å². The van der Waals surface area contributed by atoms with E-state index in [1.54, 1.807) is 18.3 Å². The van der Waals surface area contributed by atoms with E-state index in [1.807, 2.05) is 48.5 Å². The Morgan fingerprint density at radius 3 is 2.54 bits per heavy atom. The molecule has 0 spiro atoms. The second kappa shape index (κ2) is 9.06. The van der Waals surface area contributed by atoms with E-state index < -0.39 is 6.29 Å². The van der Waals surface area contributed by atoms with Gasteiger partial charge in [-0.2, -0.15) is 0 Å². The highest BCUT2D eigenvalue weighted by molar-refractivity contribution is 6.29. The van der Waals surface area contributed by atoms with Crippen LogP contribution in [0.25, 0.3) is 0 Å². The second-order valence-electron chi connectivity index (χ2n) is 6.28. The lowest BCUT2D eigenvalue weighted by Gasteiger charge is -2.20. The Balaban J connectivity index is 1.56. The minimum atomic E-state index is -0.466. The standard InChI is InChI=1S/C22H20ClNO4/c23-20-13-18(9-10-24-20)27-15-17-7-4-8-19(21(17)22-25-11-12-26-22)28-14-16-5-2-1-3-6-16/h1-10,13,22H,11-12,14-15H2. The van der Waals surface area contributed by atoms with Gasteiger partial charge in [0.25, 0.3) is 0 Å². The van der Waals surface area contributed by atoms with Gasteiger partial charge in [-0.25, -0.2) is 4.98 Å². The quantitative estimate of drug-likeness (QED) is 0.528. The molecule has 0 aliphatic carbocycles. The Labute approximate surface area is 168 Å². The van der Waals surface area contributed by atoms with Crippen molar-refractivity contribution in [1.29, 1.82) is 0 Å². The van der Waals surface area contributed by atoms with Crippen LogP contribution >= 0.6 is 11.6 Å². The van der Waals surface area contributed by atoms with Gasteiger partial charge >= 0.3 is 0 Å². The highest BCUT2D eigenvalue weighted by Crippen LogP contribution is 2.35. The lowest BCUT2D eigenvalue weighted by Crippen LogP contribution is -2.09. The molecule has 1 saturated heterocycles. The van der Waals surface area contributed by atoms with Crippen LogP contribution in [0.15, 0.2) is 66.9 Å². The monoisotopic (exact) mass is 397 g/mol. The van der Waals surface area contributed by atoms with Gasteiger partial charge in [0.05, 0.1) is 18.8 Å².